The Morgan fingerprint density at radius 3 is 3.10 bits per heavy atom. The lowest BCUT2D eigenvalue weighted by atomic mass is 9.96. The first kappa shape index (κ1) is 15.0. The number of hydrogen-bond acceptors (Lipinski definition) is 3. The van der Waals surface area contributed by atoms with Gasteiger partial charge in [-0.15, -0.1) is 0 Å². The molecule has 1 aromatic heterocycles. The van der Waals surface area contributed by atoms with E-state index in [4.69, 9.17) is 5.73 Å². The number of nitrogens with two attached hydrogens (primary N) is 1. The second-order valence-corrected chi connectivity index (χ2v) is 5.56. The van der Waals surface area contributed by atoms with Crippen LogP contribution < -0.4 is 5.73 Å². The zero-order valence-electron chi connectivity index (χ0n) is 12.3. The van der Waals surface area contributed by atoms with E-state index < -0.39 is 0 Å². The number of carbonyl (C=O) groups excluding carboxylic acids is 1. The van der Waals surface area contributed by atoms with Crippen LogP contribution in [0.25, 0.3) is 0 Å². The fraction of sp³-hybridized carbons (Fsp3) is 0.625. The quantitative estimate of drug-likeness (QED) is 0.865. The Morgan fingerprint density at radius 2 is 2.35 bits per heavy atom. The van der Waals surface area contributed by atoms with Crippen molar-refractivity contribution in [1.82, 2.24) is 9.88 Å². The molecule has 2 N–H and O–H groups in total. The minimum absolute atomic E-state index is 0.273. The number of aromatic nitrogens is 1. The number of fused-ring (bicyclic) bond motifs is 1. The van der Waals surface area contributed by atoms with Crippen molar-refractivity contribution in [2.45, 2.75) is 45.6 Å². The van der Waals surface area contributed by atoms with Crippen molar-refractivity contribution in [1.29, 1.82) is 0 Å². The van der Waals surface area contributed by atoms with Crippen molar-refractivity contribution < 1.29 is 4.79 Å². The maximum absolute atomic E-state index is 12.3. The zero-order valence-corrected chi connectivity index (χ0v) is 12.3. The third-order valence-corrected chi connectivity index (χ3v) is 4.24. The smallest absolute Gasteiger partial charge is 0.222 e. The van der Waals surface area contributed by atoms with Gasteiger partial charge in [0.2, 0.25) is 5.91 Å². The molecule has 2 heterocycles. The summed E-state index contributed by atoms with van der Waals surface area (Å²) in [6, 6.07) is 4.02. The average Bonchev–Trinajstić information content (AvgIpc) is 2.50. The Bertz CT molecular complexity index is 447. The Labute approximate surface area is 121 Å². The van der Waals surface area contributed by atoms with Crippen LogP contribution in [0.15, 0.2) is 18.3 Å². The third-order valence-electron chi connectivity index (χ3n) is 4.24. The number of rotatable bonds is 6. The van der Waals surface area contributed by atoms with E-state index in [1.807, 2.05) is 17.2 Å². The minimum atomic E-state index is 0.273. The fourth-order valence-corrected chi connectivity index (χ4v) is 2.85. The molecule has 1 unspecified atom stereocenters. The van der Waals surface area contributed by atoms with Gasteiger partial charge in [0.15, 0.2) is 0 Å². The molecule has 0 radical (unpaired) electrons. The van der Waals surface area contributed by atoms with Crippen molar-refractivity contribution >= 4 is 5.91 Å². The molecule has 1 aromatic rings. The van der Waals surface area contributed by atoms with Gasteiger partial charge in [-0.2, -0.15) is 0 Å². The molecule has 1 atom stereocenters. The van der Waals surface area contributed by atoms with Gasteiger partial charge in [0.05, 0.1) is 0 Å². The van der Waals surface area contributed by atoms with Crippen molar-refractivity contribution in [3.63, 3.8) is 0 Å². The van der Waals surface area contributed by atoms with Gasteiger partial charge in [0, 0.05) is 37.8 Å². The van der Waals surface area contributed by atoms with Crippen LogP contribution in [0.2, 0.25) is 0 Å². The highest BCUT2D eigenvalue weighted by molar-refractivity contribution is 5.76. The van der Waals surface area contributed by atoms with Crippen molar-refractivity contribution in [3.8, 4) is 0 Å². The molecule has 1 aliphatic rings. The number of nitrogens with zero attached hydrogens (tertiary/aromatic N) is 2. The number of amides is 1. The van der Waals surface area contributed by atoms with E-state index in [-0.39, 0.29) is 5.91 Å². The van der Waals surface area contributed by atoms with Gasteiger partial charge < -0.3 is 10.6 Å². The molecule has 4 heteroatoms. The second kappa shape index (κ2) is 7.39. The van der Waals surface area contributed by atoms with E-state index in [9.17, 15) is 4.79 Å². The van der Waals surface area contributed by atoms with Gasteiger partial charge in [-0.3, -0.25) is 9.78 Å². The van der Waals surface area contributed by atoms with Crippen LogP contribution in [0.3, 0.4) is 0 Å². The first-order valence-electron chi connectivity index (χ1n) is 7.65. The van der Waals surface area contributed by atoms with Crippen molar-refractivity contribution in [2.75, 3.05) is 13.1 Å². The summed E-state index contributed by atoms with van der Waals surface area (Å²) in [6.45, 7) is 4.41. The molecule has 1 aliphatic heterocycles. The summed E-state index contributed by atoms with van der Waals surface area (Å²) >= 11 is 0. The maximum Gasteiger partial charge on any atom is 0.222 e. The highest BCUT2D eigenvalue weighted by Crippen LogP contribution is 2.20. The zero-order chi connectivity index (χ0) is 14.4. The van der Waals surface area contributed by atoms with Crippen molar-refractivity contribution in [2.24, 2.45) is 11.7 Å². The van der Waals surface area contributed by atoms with E-state index >= 15 is 0 Å². The van der Waals surface area contributed by atoms with Gasteiger partial charge in [-0.1, -0.05) is 19.4 Å². The van der Waals surface area contributed by atoms with Crippen LogP contribution in [0.5, 0.6) is 0 Å². The molecule has 0 saturated carbocycles. The fourth-order valence-electron chi connectivity index (χ4n) is 2.85. The summed E-state index contributed by atoms with van der Waals surface area (Å²) in [6.07, 6.45) is 6.45. The molecule has 110 valence electrons. The number of hydrogen-bond donors (Lipinski definition) is 1. The molecule has 1 amide bonds. The van der Waals surface area contributed by atoms with E-state index in [2.05, 4.69) is 18.0 Å². The van der Waals surface area contributed by atoms with Gasteiger partial charge in [-0.25, -0.2) is 0 Å². The van der Waals surface area contributed by atoms with E-state index in [1.54, 1.807) is 0 Å². The molecule has 20 heavy (non-hydrogen) atoms. The van der Waals surface area contributed by atoms with Crippen LogP contribution in [-0.2, 0) is 17.8 Å². The normalized spacial score (nSPS) is 15.8. The largest absolute Gasteiger partial charge is 0.338 e. The summed E-state index contributed by atoms with van der Waals surface area (Å²) in [5.74, 6) is 0.859. The predicted octanol–water partition coefficient (Wildman–Crippen LogP) is 2.12. The lowest BCUT2D eigenvalue weighted by Crippen LogP contribution is -2.36. The van der Waals surface area contributed by atoms with Crippen molar-refractivity contribution in [3.05, 3.63) is 29.6 Å². The van der Waals surface area contributed by atoms with E-state index in [1.165, 1.54) is 5.56 Å². The molecule has 0 fully saturated rings. The highest BCUT2D eigenvalue weighted by atomic mass is 16.2. The van der Waals surface area contributed by atoms with E-state index in [0.717, 1.165) is 51.0 Å². The van der Waals surface area contributed by atoms with Gasteiger partial charge in [0.25, 0.3) is 0 Å². The number of carbonyl (C=O) groups is 1. The second-order valence-electron chi connectivity index (χ2n) is 5.56. The minimum Gasteiger partial charge on any atom is -0.338 e. The molecular formula is C16H25N3O. The summed E-state index contributed by atoms with van der Waals surface area (Å²) in [5.41, 5.74) is 7.94. The number of pyridine rings is 1. The summed E-state index contributed by atoms with van der Waals surface area (Å²) < 4.78 is 0. The van der Waals surface area contributed by atoms with Gasteiger partial charge in [0.1, 0.15) is 0 Å². The molecule has 0 aliphatic carbocycles. The Morgan fingerprint density at radius 1 is 1.50 bits per heavy atom. The third kappa shape index (κ3) is 3.79. The van der Waals surface area contributed by atoms with Crippen LogP contribution in [-0.4, -0.2) is 28.9 Å². The SMILES string of the molecule is CCC(CCN)CCC(=O)N1CCc2ncccc2C1. The summed E-state index contributed by atoms with van der Waals surface area (Å²) in [7, 11) is 0. The van der Waals surface area contributed by atoms with Gasteiger partial charge >= 0.3 is 0 Å². The molecule has 0 saturated heterocycles. The predicted molar refractivity (Wildman–Crippen MR) is 80.0 cm³/mol. The van der Waals surface area contributed by atoms with Crippen LogP contribution in [0.1, 0.15) is 43.9 Å². The van der Waals surface area contributed by atoms with Gasteiger partial charge in [-0.05, 0) is 36.9 Å². The lowest BCUT2D eigenvalue weighted by Gasteiger charge is -2.28. The van der Waals surface area contributed by atoms with Crippen LogP contribution in [0.4, 0.5) is 0 Å². The summed E-state index contributed by atoms with van der Waals surface area (Å²) in [4.78, 5) is 18.7. The Kier molecular flexibility index (Phi) is 5.53. The van der Waals surface area contributed by atoms with E-state index in [0.29, 0.717) is 12.3 Å². The Balaban J connectivity index is 1.85. The maximum atomic E-state index is 12.3. The molecule has 0 spiro atoms. The summed E-state index contributed by atoms with van der Waals surface area (Å²) in [5, 5.41) is 0. The standard InChI is InChI=1S/C16H25N3O/c1-2-13(7-9-17)5-6-16(20)19-11-8-15-14(12-19)4-3-10-18-15/h3-4,10,13H,2,5-9,11-12,17H2,1H3. The molecule has 2 rings (SSSR count). The molecule has 0 bridgehead atoms. The lowest BCUT2D eigenvalue weighted by molar-refractivity contribution is -0.132. The molecule has 4 nitrogen and oxygen atoms in total. The molecular weight excluding hydrogens is 250 g/mol. The highest BCUT2D eigenvalue weighted by Gasteiger charge is 2.21. The first-order chi connectivity index (χ1) is 9.74. The first-order valence-corrected chi connectivity index (χ1v) is 7.65. The Hall–Kier alpha value is -1.42. The van der Waals surface area contributed by atoms with Crippen LogP contribution >= 0.6 is 0 Å². The average molecular weight is 275 g/mol. The topological polar surface area (TPSA) is 59.2 Å². The van der Waals surface area contributed by atoms with Crippen LogP contribution in [0, 0.1) is 5.92 Å². The monoisotopic (exact) mass is 275 g/mol. The molecule has 0 aromatic carbocycles.